The van der Waals surface area contributed by atoms with E-state index in [4.69, 9.17) is 4.74 Å². The molecule has 5 heteroatoms. The third-order valence-corrected chi connectivity index (χ3v) is 5.49. The van der Waals surface area contributed by atoms with Crippen molar-refractivity contribution >= 4 is 29.3 Å². The van der Waals surface area contributed by atoms with Crippen LogP contribution in [-0.2, 0) is 7.05 Å². The lowest BCUT2D eigenvalue weighted by atomic mass is 10.1. The van der Waals surface area contributed by atoms with Gasteiger partial charge in [0.1, 0.15) is 10.4 Å². The van der Waals surface area contributed by atoms with E-state index >= 15 is 0 Å². The van der Waals surface area contributed by atoms with Crippen LogP contribution in [0, 0.1) is 6.92 Å². The Morgan fingerprint density at radius 2 is 1.86 bits per heavy atom. The lowest BCUT2D eigenvalue weighted by Crippen LogP contribution is -2.29. The topological polar surface area (TPSA) is 48.3 Å². The highest BCUT2D eigenvalue weighted by Crippen LogP contribution is 2.13. The highest BCUT2D eigenvalue weighted by atomic mass is 32.1. The number of carbonyl (C=O) groups is 1. The molecule has 0 aliphatic heterocycles. The average molecular weight is 394 g/mol. The number of benzene rings is 2. The van der Waals surface area contributed by atoms with E-state index in [1.807, 2.05) is 55.5 Å². The van der Waals surface area contributed by atoms with Crippen molar-refractivity contribution in [2.75, 3.05) is 6.61 Å². The summed E-state index contributed by atoms with van der Waals surface area (Å²) < 4.78 is 8.33. The Morgan fingerprint density at radius 3 is 2.54 bits per heavy atom. The molecular formula is C23H23NO3S. The zero-order valence-corrected chi connectivity index (χ0v) is 17.1. The second-order valence-corrected chi connectivity index (χ2v) is 7.62. The number of rotatable bonds is 6. The Labute approximate surface area is 168 Å². The van der Waals surface area contributed by atoms with Gasteiger partial charge < -0.3 is 9.30 Å². The Bertz CT molecular complexity index is 1150. The lowest BCUT2D eigenvalue weighted by Gasteiger charge is -2.03. The lowest BCUT2D eigenvalue weighted by molar-refractivity contribution is 0.106. The van der Waals surface area contributed by atoms with E-state index in [-0.39, 0.29) is 11.3 Å². The summed E-state index contributed by atoms with van der Waals surface area (Å²) in [5, 5.41) is 0. The first-order chi connectivity index (χ1) is 13.5. The number of hydrogen-bond donors (Lipinski definition) is 0. The summed E-state index contributed by atoms with van der Waals surface area (Å²) in [4.78, 5) is 25.2. The van der Waals surface area contributed by atoms with Crippen molar-refractivity contribution in [2.45, 2.75) is 20.3 Å². The molecule has 0 amide bonds. The van der Waals surface area contributed by atoms with Gasteiger partial charge in [-0.15, -0.1) is 11.3 Å². The number of hydrogen-bond acceptors (Lipinski definition) is 4. The van der Waals surface area contributed by atoms with E-state index in [9.17, 15) is 9.59 Å². The van der Waals surface area contributed by atoms with Crippen LogP contribution < -0.4 is 19.5 Å². The largest absolute Gasteiger partial charge is 0.494 e. The highest BCUT2D eigenvalue weighted by molar-refractivity contribution is 7.07. The summed E-state index contributed by atoms with van der Waals surface area (Å²) in [5.74, 6) is 0.717. The molecule has 28 heavy (non-hydrogen) atoms. The number of aryl methyl sites for hydroxylation is 1. The summed E-state index contributed by atoms with van der Waals surface area (Å²) >= 11 is 1.32. The van der Waals surface area contributed by atoms with E-state index in [0.717, 1.165) is 23.3 Å². The Kier molecular flexibility index (Phi) is 6.26. The van der Waals surface area contributed by atoms with Gasteiger partial charge in [-0.1, -0.05) is 43.3 Å². The van der Waals surface area contributed by atoms with Crippen molar-refractivity contribution in [3.05, 3.63) is 84.8 Å². The molecule has 0 aliphatic rings. The van der Waals surface area contributed by atoms with Crippen LogP contribution in [0.1, 0.15) is 34.8 Å². The number of ketones is 1. The number of aromatic nitrogens is 1. The molecule has 144 valence electrons. The molecule has 3 aromatic rings. The maximum absolute atomic E-state index is 12.6. The predicted molar refractivity (Wildman–Crippen MR) is 115 cm³/mol. The van der Waals surface area contributed by atoms with Crippen molar-refractivity contribution in [3.63, 3.8) is 0 Å². The molecule has 4 nitrogen and oxygen atoms in total. The summed E-state index contributed by atoms with van der Waals surface area (Å²) in [6.45, 7) is 4.65. The number of thiazole rings is 1. The van der Waals surface area contributed by atoms with Gasteiger partial charge in [0.2, 0.25) is 0 Å². The molecule has 0 bridgehead atoms. The van der Waals surface area contributed by atoms with Crippen molar-refractivity contribution in [3.8, 4) is 5.75 Å². The van der Waals surface area contributed by atoms with Gasteiger partial charge in [0.25, 0.3) is 5.56 Å². The Hall–Kier alpha value is -2.92. The van der Waals surface area contributed by atoms with Crippen LogP contribution in [0.3, 0.4) is 0 Å². The Morgan fingerprint density at radius 1 is 1.14 bits per heavy atom. The molecular weight excluding hydrogens is 370 g/mol. The summed E-state index contributed by atoms with van der Waals surface area (Å²) in [6.07, 6.45) is 4.33. The highest BCUT2D eigenvalue weighted by Gasteiger charge is 2.07. The first-order valence-corrected chi connectivity index (χ1v) is 10.0. The van der Waals surface area contributed by atoms with Gasteiger partial charge in [0, 0.05) is 18.7 Å². The van der Waals surface area contributed by atoms with Crippen LogP contribution in [0.4, 0.5) is 0 Å². The zero-order chi connectivity index (χ0) is 20.1. The first-order valence-electron chi connectivity index (χ1n) is 9.21. The molecule has 2 aromatic carbocycles. The van der Waals surface area contributed by atoms with Crippen LogP contribution in [0.2, 0.25) is 0 Å². The van der Waals surface area contributed by atoms with Gasteiger partial charge in [-0.3, -0.25) is 9.59 Å². The van der Waals surface area contributed by atoms with E-state index in [0.29, 0.717) is 21.4 Å². The standard InChI is InChI=1S/C23H23NO3S/c1-4-13-27-18-11-9-17(10-12-18)14-21-23(26)24(3)22(28-21)15-20(25)19-8-6-5-7-16(19)2/h5-12,14-15H,4,13H2,1-3H3/b21-14-,22-15-. The summed E-state index contributed by atoms with van der Waals surface area (Å²) in [5.41, 5.74) is 2.37. The van der Waals surface area contributed by atoms with E-state index in [1.54, 1.807) is 13.1 Å². The summed E-state index contributed by atoms with van der Waals surface area (Å²) in [7, 11) is 1.69. The fraction of sp³-hybridized carbons (Fsp3) is 0.217. The predicted octanol–water partition coefficient (Wildman–Crippen LogP) is 3.04. The number of carbonyl (C=O) groups excluding carboxylic acids is 1. The van der Waals surface area contributed by atoms with Crippen LogP contribution in [0.5, 0.6) is 5.75 Å². The normalized spacial score (nSPS) is 12.4. The van der Waals surface area contributed by atoms with Crippen molar-refractivity contribution < 1.29 is 9.53 Å². The quantitative estimate of drug-likeness (QED) is 0.605. The third kappa shape index (κ3) is 4.49. The number of Topliss-reactive ketones (excluding diaryl/α,β-unsaturated/α-hetero) is 1. The molecule has 3 rings (SSSR count). The van der Waals surface area contributed by atoms with Gasteiger partial charge in [-0.25, -0.2) is 0 Å². The van der Waals surface area contributed by atoms with Gasteiger partial charge in [-0.2, -0.15) is 0 Å². The smallest absolute Gasteiger partial charge is 0.268 e. The monoisotopic (exact) mass is 393 g/mol. The molecule has 0 N–H and O–H groups in total. The number of nitrogens with zero attached hydrogens (tertiary/aromatic N) is 1. The first kappa shape index (κ1) is 19.8. The van der Waals surface area contributed by atoms with E-state index < -0.39 is 0 Å². The van der Waals surface area contributed by atoms with Crippen molar-refractivity contribution in [2.24, 2.45) is 7.05 Å². The maximum Gasteiger partial charge on any atom is 0.268 e. The molecule has 1 aromatic heterocycles. The minimum Gasteiger partial charge on any atom is -0.494 e. The molecule has 0 fully saturated rings. The maximum atomic E-state index is 12.6. The second kappa shape index (κ2) is 8.85. The van der Waals surface area contributed by atoms with Crippen molar-refractivity contribution in [1.82, 2.24) is 4.57 Å². The van der Waals surface area contributed by atoms with Crippen LogP contribution in [0.25, 0.3) is 12.2 Å². The molecule has 0 radical (unpaired) electrons. The molecule has 0 spiro atoms. The fourth-order valence-corrected chi connectivity index (χ4v) is 3.81. The fourth-order valence-electron chi connectivity index (χ4n) is 2.78. The molecule has 0 atom stereocenters. The molecule has 0 saturated heterocycles. The van der Waals surface area contributed by atoms with Crippen LogP contribution in [0.15, 0.2) is 53.3 Å². The van der Waals surface area contributed by atoms with Gasteiger partial charge in [0.15, 0.2) is 5.78 Å². The summed E-state index contributed by atoms with van der Waals surface area (Å²) in [6, 6.07) is 15.1. The second-order valence-electron chi connectivity index (χ2n) is 6.55. The van der Waals surface area contributed by atoms with E-state index in [1.165, 1.54) is 22.0 Å². The molecule has 0 unspecified atom stereocenters. The van der Waals surface area contributed by atoms with E-state index in [2.05, 4.69) is 6.92 Å². The average Bonchev–Trinajstić information content (AvgIpc) is 2.95. The van der Waals surface area contributed by atoms with Crippen LogP contribution >= 0.6 is 11.3 Å². The minimum absolute atomic E-state index is 0.0982. The van der Waals surface area contributed by atoms with Gasteiger partial charge in [0.05, 0.1) is 11.1 Å². The van der Waals surface area contributed by atoms with Gasteiger partial charge >= 0.3 is 0 Å². The third-order valence-electron chi connectivity index (χ3n) is 4.38. The molecule has 1 heterocycles. The number of ether oxygens (including phenoxy) is 1. The van der Waals surface area contributed by atoms with Crippen molar-refractivity contribution in [1.29, 1.82) is 0 Å². The Balaban J connectivity index is 1.95. The van der Waals surface area contributed by atoms with Gasteiger partial charge in [-0.05, 0) is 42.7 Å². The zero-order valence-electron chi connectivity index (χ0n) is 16.3. The molecule has 0 saturated carbocycles. The SMILES string of the molecule is CCCOc1ccc(/C=c2\s/c(=C\C(=O)c3ccccc3C)n(C)c2=O)cc1. The molecule has 0 aliphatic carbocycles. The van der Waals surface area contributed by atoms with Crippen LogP contribution in [-0.4, -0.2) is 17.0 Å². The minimum atomic E-state index is -0.111.